The number of carbonyl (C=O) groups excluding carboxylic acids is 8. The highest BCUT2D eigenvalue weighted by Crippen LogP contribution is 2.34. The van der Waals surface area contributed by atoms with Gasteiger partial charge in [-0.25, -0.2) is 4.79 Å². The highest BCUT2D eigenvalue weighted by molar-refractivity contribution is 6.53. The van der Waals surface area contributed by atoms with E-state index in [9.17, 15) is 48.3 Å². The Morgan fingerprint density at radius 1 is 0.812 bits per heavy atom. The van der Waals surface area contributed by atoms with Crippen molar-refractivity contribution in [3.8, 4) is 11.1 Å². The molecular formula is C32H34N6O10. The minimum Gasteiger partial charge on any atom is -0.480 e. The van der Waals surface area contributed by atoms with E-state index in [0.717, 1.165) is 0 Å². The van der Waals surface area contributed by atoms with Crippen molar-refractivity contribution < 1.29 is 48.3 Å². The lowest BCUT2D eigenvalue weighted by molar-refractivity contribution is -0.145. The second kappa shape index (κ2) is 15.1. The summed E-state index contributed by atoms with van der Waals surface area (Å²) in [7, 11) is 0. The first-order chi connectivity index (χ1) is 22.8. The van der Waals surface area contributed by atoms with Crippen LogP contribution < -0.4 is 27.4 Å². The summed E-state index contributed by atoms with van der Waals surface area (Å²) < 4.78 is 0. The minimum absolute atomic E-state index is 0.0984. The zero-order valence-corrected chi connectivity index (χ0v) is 25.7. The lowest BCUT2D eigenvalue weighted by Crippen LogP contribution is -2.56. The number of carboxylic acids is 1. The Hall–Kier alpha value is -5.93. The molecular weight excluding hydrogens is 628 g/mol. The molecule has 2 aromatic rings. The van der Waals surface area contributed by atoms with Crippen LogP contribution in [-0.2, 0) is 28.8 Å². The summed E-state index contributed by atoms with van der Waals surface area (Å²) >= 11 is 0. The molecule has 1 heterocycles. The Morgan fingerprint density at radius 3 is 2.04 bits per heavy atom. The van der Waals surface area contributed by atoms with Crippen LogP contribution in [0, 0.1) is 0 Å². The van der Waals surface area contributed by atoms with Crippen molar-refractivity contribution in [3.63, 3.8) is 0 Å². The fourth-order valence-electron chi connectivity index (χ4n) is 5.63. The van der Waals surface area contributed by atoms with Gasteiger partial charge in [0.15, 0.2) is 0 Å². The van der Waals surface area contributed by atoms with E-state index in [2.05, 4.69) is 16.0 Å². The Balaban J connectivity index is 1.42. The minimum atomic E-state index is -1.43. The topological polar surface area (TPSA) is 265 Å². The van der Waals surface area contributed by atoms with Gasteiger partial charge in [-0.1, -0.05) is 24.3 Å². The first-order valence-electron chi connectivity index (χ1n) is 15.1. The number of hydrogen-bond acceptors (Lipinski definition) is 9. The van der Waals surface area contributed by atoms with E-state index in [0.29, 0.717) is 17.5 Å². The molecule has 0 unspecified atom stereocenters. The Bertz CT molecular complexity index is 1710. The predicted octanol–water partition coefficient (Wildman–Crippen LogP) is -0.961. The van der Waals surface area contributed by atoms with Crippen molar-refractivity contribution in [1.82, 2.24) is 20.9 Å². The van der Waals surface area contributed by atoms with Crippen molar-refractivity contribution in [2.75, 3.05) is 13.1 Å². The lowest BCUT2D eigenvalue weighted by atomic mass is 9.83. The number of carboxylic acid groups (broad SMARTS) is 1. The van der Waals surface area contributed by atoms with Gasteiger partial charge in [0, 0.05) is 36.1 Å². The molecule has 4 rings (SSSR count). The maximum absolute atomic E-state index is 13.6. The Morgan fingerprint density at radius 2 is 1.42 bits per heavy atom. The quantitative estimate of drug-likeness (QED) is 0.135. The number of benzene rings is 2. The molecule has 1 aliphatic carbocycles. The van der Waals surface area contributed by atoms with E-state index in [1.807, 2.05) is 0 Å². The predicted molar refractivity (Wildman–Crippen MR) is 166 cm³/mol. The summed E-state index contributed by atoms with van der Waals surface area (Å²) in [6.45, 7) is -0.487. The standard InChI is InChI=1S/C32H34N6O10/c33-24(39)11-9-21(31(46)38-13-3-6-23(38)30(45)37-22(32(47)48)10-12-25(34)40)36-26(41)15-35-29(44)16-7-8-19-20(14-16)17-4-1-2-5-18(17)27(42)28(19)43/h1-2,4-5,7-8,14,21-23H,3,6,9-13,15H2,(H2,33,39)(H2,34,40)(H,35,44)(H,36,41)(H,37,45)(H,47,48)/t21-,22-,23-/m0/s1. The van der Waals surface area contributed by atoms with E-state index < -0.39 is 77.6 Å². The molecule has 16 heteroatoms. The van der Waals surface area contributed by atoms with Gasteiger partial charge in [-0.05, 0) is 55.0 Å². The number of nitrogens with two attached hydrogens (primary N) is 2. The van der Waals surface area contributed by atoms with Gasteiger partial charge in [-0.3, -0.25) is 38.4 Å². The number of fused-ring (bicyclic) bond motifs is 3. The first-order valence-corrected chi connectivity index (χ1v) is 15.1. The largest absolute Gasteiger partial charge is 0.480 e. The molecule has 1 fully saturated rings. The third-order valence-electron chi connectivity index (χ3n) is 8.05. The maximum atomic E-state index is 13.6. The molecule has 8 N–H and O–H groups in total. The van der Waals surface area contributed by atoms with Gasteiger partial charge >= 0.3 is 5.97 Å². The number of amides is 6. The number of likely N-dealkylation sites (tertiary alicyclic amines) is 1. The molecule has 0 radical (unpaired) electrons. The van der Waals surface area contributed by atoms with Crippen molar-refractivity contribution in [2.45, 2.75) is 56.7 Å². The second-order valence-corrected chi connectivity index (χ2v) is 11.4. The highest BCUT2D eigenvalue weighted by Gasteiger charge is 2.39. The summed E-state index contributed by atoms with van der Waals surface area (Å²) in [5.74, 6) is -7.23. The van der Waals surface area contributed by atoms with Crippen LogP contribution in [0.5, 0.6) is 0 Å². The summed E-state index contributed by atoms with van der Waals surface area (Å²) in [4.78, 5) is 113. The van der Waals surface area contributed by atoms with Crippen LogP contribution >= 0.6 is 0 Å². The number of rotatable bonds is 14. The van der Waals surface area contributed by atoms with E-state index in [-0.39, 0.29) is 55.3 Å². The molecule has 6 amide bonds. The van der Waals surface area contributed by atoms with Gasteiger partial charge in [0.05, 0.1) is 6.54 Å². The Labute approximate surface area is 273 Å². The number of Topliss-reactive ketones (excluding diaryl/α,β-unsaturated/α-hetero) is 2. The molecule has 3 atom stereocenters. The van der Waals surface area contributed by atoms with Gasteiger partial charge in [0.2, 0.25) is 41.1 Å². The van der Waals surface area contributed by atoms with Crippen LogP contribution in [0.25, 0.3) is 11.1 Å². The van der Waals surface area contributed by atoms with Crippen LogP contribution in [0.3, 0.4) is 0 Å². The molecule has 2 aromatic carbocycles. The number of nitrogens with zero attached hydrogens (tertiary/aromatic N) is 1. The molecule has 1 saturated heterocycles. The van der Waals surface area contributed by atoms with Crippen molar-refractivity contribution in [3.05, 3.63) is 59.2 Å². The molecule has 0 bridgehead atoms. The first kappa shape index (κ1) is 34.9. The van der Waals surface area contributed by atoms with Crippen molar-refractivity contribution in [2.24, 2.45) is 11.5 Å². The van der Waals surface area contributed by atoms with E-state index >= 15 is 0 Å². The number of ketones is 2. The summed E-state index contributed by atoms with van der Waals surface area (Å²) in [5, 5.41) is 16.7. The lowest BCUT2D eigenvalue weighted by Gasteiger charge is -2.29. The van der Waals surface area contributed by atoms with Crippen LogP contribution in [0.4, 0.5) is 0 Å². The average molecular weight is 663 g/mol. The fourth-order valence-corrected chi connectivity index (χ4v) is 5.63. The van der Waals surface area contributed by atoms with E-state index in [4.69, 9.17) is 11.5 Å². The third-order valence-corrected chi connectivity index (χ3v) is 8.05. The molecule has 16 nitrogen and oxygen atoms in total. The summed E-state index contributed by atoms with van der Waals surface area (Å²) in [5.41, 5.74) is 11.7. The highest BCUT2D eigenvalue weighted by atomic mass is 16.4. The van der Waals surface area contributed by atoms with Crippen LogP contribution in [-0.4, -0.2) is 94.2 Å². The van der Waals surface area contributed by atoms with Gasteiger partial charge in [-0.2, -0.15) is 0 Å². The van der Waals surface area contributed by atoms with Crippen LogP contribution in [0.15, 0.2) is 42.5 Å². The maximum Gasteiger partial charge on any atom is 0.326 e. The molecule has 0 saturated carbocycles. The number of hydrogen-bond donors (Lipinski definition) is 6. The zero-order valence-electron chi connectivity index (χ0n) is 25.7. The smallest absolute Gasteiger partial charge is 0.326 e. The van der Waals surface area contributed by atoms with Gasteiger partial charge < -0.3 is 37.4 Å². The third kappa shape index (κ3) is 8.07. The molecule has 48 heavy (non-hydrogen) atoms. The Kier molecular flexibility index (Phi) is 11.0. The number of aliphatic carboxylic acids is 1. The SMILES string of the molecule is NC(=O)CC[C@H](NC(=O)[C@@H]1CCCN1C(=O)[C@H](CCC(N)=O)NC(=O)CNC(=O)c1ccc2c(c1)-c1ccccc1C(=O)C2=O)C(=O)O. The van der Waals surface area contributed by atoms with Crippen molar-refractivity contribution in [1.29, 1.82) is 0 Å². The average Bonchev–Trinajstić information content (AvgIpc) is 3.55. The van der Waals surface area contributed by atoms with Crippen molar-refractivity contribution >= 4 is 53.0 Å². The number of primary amides is 2. The fraction of sp³-hybridized carbons (Fsp3) is 0.344. The zero-order chi connectivity index (χ0) is 35.1. The molecule has 0 aromatic heterocycles. The monoisotopic (exact) mass is 662 g/mol. The normalized spacial score (nSPS) is 16.2. The second-order valence-electron chi connectivity index (χ2n) is 11.4. The van der Waals surface area contributed by atoms with Gasteiger partial charge in [0.1, 0.15) is 18.1 Å². The molecule has 1 aliphatic heterocycles. The van der Waals surface area contributed by atoms with Crippen LogP contribution in [0.2, 0.25) is 0 Å². The molecule has 0 spiro atoms. The summed E-state index contributed by atoms with van der Waals surface area (Å²) in [6, 6.07) is 6.78. The molecule has 2 aliphatic rings. The number of carbonyl (C=O) groups is 9. The number of nitrogens with one attached hydrogen (secondary N) is 3. The van der Waals surface area contributed by atoms with E-state index in [1.165, 1.54) is 29.2 Å². The molecule has 252 valence electrons. The van der Waals surface area contributed by atoms with Crippen LogP contribution in [0.1, 0.15) is 69.6 Å². The van der Waals surface area contributed by atoms with Gasteiger partial charge in [0.25, 0.3) is 5.91 Å². The summed E-state index contributed by atoms with van der Waals surface area (Å²) in [6.07, 6.45) is -0.469. The van der Waals surface area contributed by atoms with Gasteiger partial charge in [-0.15, -0.1) is 0 Å². The van der Waals surface area contributed by atoms with E-state index in [1.54, 1.807) is 18.2 Å².